The first kappa shape index (κ1) is 16.5. The Hall–Kier alpha value is -2.36. The van der Waals surface area contributed by atoms with Gasteiger partial charge in [-0.15, -0.1) is 0 Å². The molecule has 0 fully saturated rings. The van der Waals surface area contributed by atoms with Crippen LogP contribution in [0.4, 0.5) is 5.82 Å². The standard InChI is InChI=1S/C20H26N4/c1-4-5-7-12-18-19(21-14-17-10-8-6-9-11-17)24-16(3)13-15(2)22-20(24)23-18/h6,8-11,13,21H,4-5,7,12,14H2,1-3H3. The van der Waals surface area contributed by atoms with Gasteiger partial charge in [0.15, 0.2) is 0 Å². The Bertz CT molecular complexity index is 805. The zero-order valence-corrected chi connectivity index (χ0v) is 14.8. The zero-order chi connectivity index (χ0) is 16.9. The molecule has 1 N–H and O–H groups in total. The molecule has 0 spiro atoms. The fraction of sp³-hybridized carbons (Fsp3) is 0.400. The number of rotatable bonds is 7. The minimum Gasteiger partial charge on any atom is -0.366 e. The lowest BCUT2D eigenvalue weighted by Crippen LogP contribution is -2.06. The number of nitrogens with one attached hydrogen (secondary N) is 1. The van der Waals surface area contributed by atoms with Crippen LogP contribution in [0, 0.1) is 13.8 Å². The number of anilines is 1. The van der Waals surface area contributed by atoms with Gasteiger partial charge in [-0.3, -0.25) is 4.40 Å². The largest absolute Gasteiger partial charge is 0.366 e. The van der Waals surface area contributed by atoms with E-state index in [0.29, 0.717) is 0 Å². The summed E-state index contributed by atoms with van der Waals surface area (Å²) in [4.78, 5) is 9.42. The minimum absolute atomic E-state index is 0.794. The van der Waals surface area contributed by atoms with Gasteiger partial charge >= 0.3 is 0 Å². The van der Waals surface area contributed by atoms with E-state index < -0.39 is 0 Å². The second kappa shape index (κ2) is 7.47. The number of aromatic nitrogens is 3. The van der Waals surface area contributed by atoms with Crippen molar-refractivity contribution in [3.63, 3.8) is 0 Å². The van der Waals surface area contributed by atoms with Gasteiger partial charge < -0.3 is 5.32 Å². The Labute approximate surface area is 144 Å². The highest BCUT2D eigenvalue weighted by Gasteiger charge is 2.14. The van der Waals surface area contributed by atoms with Crippen LogP contribution in [-0.2, 0) is 13.0 Å². The number of benzene rings is 1. The molecule has 126 valence electrons. The highest BCUT2D eigenvalue weighted by Crippen LogP contribution is 2.22. The lowest BCUT2D eigenvalue weighted by Gasteiger charge is -2.11. The number of nitrogens with zero attached hydrogens (tertiary/aromatic N) is 3. The fourth-order valence-electron chi connectivity index (χ4n) is 3.10. The average Bonchev–Trinajstić information content (AvgIpc) is 2.92. The first-order chi connectivity index (χ1) is 11.7. The Balaban J connectivity index is 1.93. The van der Waals surface area contributed by atoms with E-state index in [-0.39, 0.29) is 0 Å². The van der Waals surface area contributed by atoms with E-state index in [1.807, 2.05) is 13.0 Å². The molecule has 0 amide bonds. The van der Waals surface area contributed by atoms with Crippen LogP contribution in [0.2, 0.25) is 0 Å². The molecule has 0 saturated carbocycles. The monoisotopic (exact) mass is 322 g/mol. The lowest BCUT2D eigenvalue weighted by atomic mass is 10.1. The van der Waals surface area contributed by atoms with Crippen LogP contribution in [0.1, 0.15) is 48.8 Å². The number of hydrogen-bond donors (Lipinski definition) is 1. The highest BCUT2D eigenvalue weighted by atomic mass is 15.2. The molecule has 3 aromatic rings. The lowest BCUT2D eigenvalue weighted by molar-refractivity contribution is 0.710. The van der Waals surface area contributed by atoms with Crippen LogP contribution in [0.15, 0.2) is 36.4 Å². The van der Waals surface area contributed by atoms with Gasteiger partial charge in [-0.1, -0.05) is 50.1 Å². The van der Waals surface area contributed by atoms with Crippen molar-refractivity contribution in [3.05, 3.63) is 59.0 Å². The molecule has 24 heavy (non-hydrogen) atoms. The van der Waals surface area contributed by atoms with E-state index in [9.17, 15) is 0 Å². The number of fused-ring (bicyclic) bond motifs is 1. The predicted molar refractivity (Wildman–Crippen MR) is 99.5 cm³/mol. The summed E-state index contributed by atoms with van der Waals surface area (Å²) in [7, 11) is 0. The zero-order valence-electron chi connectivity index (χ0n) is 14.8. The molecule has 2 heterocycles. The van der Waals surface area contributed by atoms with Crippen molar-refractivity contribution in [1.29, 1.82) is 0 Å². The molecule has 0 radical (unpaired) electrons. The van der Waals surface area contributed by atoms with E-state index >= 15 is 0 Å². The molecule has 0 aliphatic carbocycles. The Morgan fingerprint density at radius 3 is 2.58 bits per heavy atom. The van der Waals surface area contributed by atoms with Gasteiger partial charge in [-0.05, 0) is 38.3 Å². The van der Waals surface area contributed by atoms with E-state index in [4.69, 9.17) is 4.98 Å². The first-order valence-electron chi connectivity index (χ1n) is 8.82. The van der Waals surface area contributed by atoms with Gasteiger partial charge in [0.1, 0.15) is 5.82 Å². The molecular weight excluding hydrogens is 296 g/mol. The van der Waals surface area contributed by atoms with Gasteiger partial charge in [-0.25, -0.2) is 9.97 Å². The molecule has 2 aromatic heterocycles. The third-order valence-corrected chi connectivity index (χ3v) is 4.30. The number of imidazole rings is 1. The Kier molecular flexibility index (Phi) is 5.14. The summed E-state index contributed by atoms with van der Waals surface area (Å²) < 4.78 is 2.15. The van der Waals surface area contributed by atoms with E-state index in [1.165, 1.54) is 30.5 Å². The van der Waals surface area contributed by atoms with Crippen molar-refractivity contribution >= 4 is 11.6 Å². The fourth-order valence-corrected chi connectivity index (χ4v) is 3.10. The van der Waals surface area contributed by atoms with Gasteiger partial charge in [-0.2, -0.15) is 0 Å². The SMILES string of the molecule is CCCCCc1nc2nc(C)cc(C)n2c1NCc1ccccc1. The third-order valence-electron chi connectivity index (χ3n) is 4.30. The summed E-state index contributed by atoms with van der Waals surface area (Å²) in [5.41, 5.74) is 4.58. The van der Waals surface area contributed by atoms with Crippen LogP contribution in [0.3, 0.4) is 0 Å². The Morgan fingerprint density at radius 1 is 1.04 bits per heavy atom. The quantitative estimate of drug-likeness (QED) is 0.642. The summed E-state index contributed by atoms with van der Waals surface area (Å²) in [6, 6.07) is 12.6. The molecule has 0 saturated heterocycles. The van der Waals surface area contributed by atoms with Gasteiger partial charge in [0, 0.05) is 17.9 Å². The van der Waals surface area contributed by atoms with Crippen molar-refractivity contribution in [2.24, 2.45) is 0 Å². The van der Waals surface area contributed by atoms with E-state index in [0.717, 1.165) is 35.9 Å². The summed E-state index contributed by atoms with van der Waals surface area (Å²) in [5.74, 6) is 1.89. The number of aryl methyl sites for hydroxylation is 3. The first-order valence-corrected chi connectivity index (χ1v) is 8.82. The smallest absolute Gasteiger partial charge is 0.236 e. The van der Waals surface area contributed by atoms with Gasteiger partial charge in [0.25, 0.3) is 0 Å². The molecule has 0 aliphatic heterocycles. The molecule has 0 aliphatic rings. The van der Waals surface area contributed by atoms with Crippen molar-refractivity contribution in [1.82, 2.24) is 14.4 Å². The van der Waals surface area contributed by atoms with Crippen molar-refractivity contribution in [2.75, 3.05) is 5.32 Å². The molecular formula is C20H26N4. The van der Waals surface area contributed by atoms with Crippen LogP contribution in [0.25, 0.3) is 5.78 Å². The predicted octanol–water partition coefficient (Wildman–Crippen LogP) is 4.69. The molecule has 0 atom stereocenters. The second-order valence-corrected chi connectivity index (χ2v) is 6.38. The van der Waals surface area contributed by atoms with E-state index in [2.05, 4.69) is 58.9 Å². The average molecular weight is 322 g/mol. The summed E-state index contributed by atoms with van der Waals surface area (Å²) in [5, 5.41) is 3.60. The maximum Gasteiger partial charge on any atom is 0.236 e. The molecule has 0 bridgehead atoms. The molecule has 0 unspecified atom stereocenters. The second-order valence-electron chi connectivity index (χ2n) is 6.38. The van der Waals surface area contributed by atoms with Crippen molar-refractivity contribution in [2.45, 2.75) is 53.0 Å². The number of unbranched alkanes of at least 4 members (excludes halogenated alkanes) is 2. The van der Waals surface area contributed by atoms with Crippen molar-refractivity contribution < 1.29 is 0 Å². The van der Waals surface area contributed by atoms with Gasteiger partial charge in [0.05, 0.1) is 5.69 Å². The molecule has 4 nitrogen and oxygen atoms in total. The summed E-state index contributed by atoms with van der Waals surface area (Å²) >= 11 is 0. The van der Waals surface area contributed by atoms with Crippen LogP contribution in [-0.4, -0.2) is 14.4 Å². The third kappa shape index (κ3) is 3.58. The van der Waals surface area contributed by atoms with Crippen LogP contribution in [0.5, 0.6) is 0 Å². The maximum atomic E-state index is 4.81. The number of hydrogen-bond acceptors (Lipinski definition) is 3. The van der Waals surface area contributed by atoms with Crippen LogP contribution >= 0.6 is 0 Å². The summed E-state index contributed by atoms with van der Waals surface area (Å²) in [6.07, 6.45) is 4.61. The Morgan fingerprint density at radius 2 is 1.83 bits per heavy atom. The van der Waals surface area contributed by atoms with Crippen LogP contribution < -0.4 is 5.32 Å². The molecule has 3 rings (SSSR count). The maximum absolute atomic E-state index is 4.81. The summed E-state index contributed by atoms with van der Waals surface area (Å²) in [6.45, 7) is 7.17. The normalized spacial score (nSPS) is 11.1. The molecule has 4 heteroatoms. The topological polar surface area (TPSA) is 42.2 Å². The molecule has 1 aromatic carbocycles. The minimum atomic E-state index is 0.794. The van der Waals surface area contributed by atoms with Gasteiger partial charge in [0.2, 0.25) is 5.78 Å². The van der Waals surface area contributed by atoms with Crippen molar-refractivity contribution in [3.8, 4) is 0 Å². The highest BCUT2D eigenvalue weighted by molar-refractivity contribution is 5.54. The van der Waals surface area contributed by atoms with E-state index in [1.54, 1.807) is 0 Å².